The summed E-state index contributed by atoms with van der Waals surface area (Å²) in [6.07, 6.45) is 0. The zero-order valence-corrected chi connectivity index (χ0v) is 22.8. The second-order valence-corrected chi connectivity index (χ2v) is 11.2. The lowest BCUT2D eigenvalue weighted by atomic mass is 10.2. The first-order valence-corrected chi connectivity index (χ1v) is 13.7. The molecular formula is C26H26ClFN4O6S. The summed E-state index contributed by atoms with van der Waals surface area (Å²) in [5, 5.41) is 11.7. The number of piperazine rings is 1. The minimum absolute atomic E-state index is 0.00608. The molecule has 3 aromatic carbocycles. The van der Waals surface area contributed by atoms with E-state index in [2.05, 4.69) is 0 Å². The standard InChI is InChI=1S/C26H26ClFN4O6S/c1-18-7-9-20(16-23(18)32(34)35)39(36,37)31(24-15-19(27)8-10-25(24)38-2)17-26(33)30-13-11-29(12-14-30)22-6-4-3-5-21(22)28/h3-10,15-16H,11-14,17H2,1-2H3. The number of hydrogen-bond acceptors (Lipinski definition) is 7. The summed E-state index contributed by atoms with van der Waals surface area (Å²) in [5.74, 6) is -0.730. The van der Waals surface area contributed by atoms with Crippen LogP contribution in [-0.2, 0) is 14.8 Å². The molecule has 1 amide bonds. The van der Waals surface area contributed by atoms with Crippen molar-refractivity contribution in [3.8, 4) is 5.75 Å². The molecule has 0 aromatic heterocycles. The number of sulfonamides is 1. The van der Waals surface area contributed by atoms with E-state index in [-0.39, 0.29) is 51.5 Å². The van der Waals surface area contributed by atoms with Gasteiger partial charge in [0, 0.05) is 42.8 Å². The molecule has 4 rings (SSSR count). The summed E-state index contributed by atoms with van der Waals surface area (Å²) in [7, 11) is -3.14. The zero-order valence-electron chi connectivity index (χ0n) is 21.2. The highest BCUT2D eigenvalue weighted by Crippen LogP contribution is 2.36. The average Bonchev–Trinajstić information content (AvgIpc) is 2.92. The molecule has 1 heterocycles. The number of anilines is 2. The van der Waals surface area contributed by atoms with E-state index in [9.17, 15) is 27.7 Å². The van der Waals surface area contributed by atoms with Crippen molar-refractivity contribution in [3.63, 3.8) is 0 Å². The Morgan fingerprint density at radius 2 is 1.79 bits per heavy atom. The molecule has 3 aromatic rings. The molecule has 1 fully saturated rings. The second-order valence-electron chi connectivity index (χ2n) is 8.85. The number of methoxy groups -OCH3 is 1. The van der Waals surface area contributed by atoms with Crippen molar-refractivity contribution in [1.29, 1.82) is 0 Å². The maximum Gasteiger partial charge on any atom is 0.273 e. The second kappa shape index (κ2) is 11.5. The summed E-state index contributed by atoms with van der Waals surface area (Å²) in [5.41, 5.74) is 0.351. The minimum atomic E-state index is -4.49. The normalized spacial score (nSPS) is 13.7. The Labute approximate surface area is 230 Å². The topological polar surface area (TPSA) is 113 Å². The third kappa shape index (κ3) is 5.91. The summed E-state index contributed by atoms with van der Waals surface area (Å²) < 4.78 is 48.2. The van der Waals surface area contributed by atoms with E-state index in [1.165, 1.54) is 55.3 Å². The Kier molecular flexibility index (Phi) is 8.26. The van der Waals surface area contributed by atoms with Crippen molar-refractivity contribution in [3.05, 3.63) is 87.2 Å². The van der Waals surface area contributed by atoms with E-state index >= 15 is 0 Å². The Balaban J connectivity index is 1.66. The molecule has 0 N–H and O–H groups in total. The number of nitrogens with zero attached hydrogens (tertiary/aromatic N) is 4. The van der Waals surface area contributed by atoms with Gasteiger partial charge < -0.3 is 14.5 Å². The van der Waals surface area contributed by atoms with E-state index in [0.717, 1.165) is 10.4 Å². The highest BCUT2D eigenvalue weighted by Gasteiger charge is 2.33. The molecule has 13 heteroatoms. The molecule has 39 heavy (non-hydrogen) atoms. The minimum Gasteiger partial charge on any atom is -0.495 e. The van der Waals surface area contributed by atoms with Crippen LogP contribution in [0.5, 0.6) is 5.75 Å². The monoisotopic (exact) mass is 576 g/mol. The number of benzene rings is 3. The Morgan fingerprint density at radius 3 is 2.44 bits per heavy atom. The lowest BCUT2D eigenvalue weighted by Gasteiger charge is -2.37. The molecule has 1 aliphatic rings. The third-order valence-corrected chi connectivity index (χ3v) is 8.47. The smallest absolute Gasteiger partial charge is 0.273 e. The number of rotatable bonds is 8. The fourth-order valence-electron chi connectivity index (χ4n) is 4.36. The van der Waals surface area contributed by atoms with E-state index < -0.39 is 27.4 Å². The van der Waals surface area contributed by atoms with Gasteiger partial charge in [-0.25, -0.2) is 12.8 Å². The molecule has 0 aliphatic carbocycles. The lowest BCUT2D eigenvalue weighted by molar-refractivity contribution is -0.385. The number of carbonyl (C=O) groups is 1. The van der Waals surface area contributed by atoms with Crippen molar-refractivity contribution in [2.45, 2.75) is 11.8 Å². The van der Waals surface area contributed by atoms with Gasteiger partial charge >= 0.3 is 0 Å². The van der Waals surface area contributed by atoms with Crippen LogP contribution < -0.4 is 13.9 Å². The maximum atomic E-state index is 14.2. The van der Waals surface area contributed by atoms with Gasteiger partial charge in [-0.1, -0.05) is 29.8 Å². The van der Waals surface area contributed by atoms with Crippen molar-refractivity contribution in [1.82, 2.24) is 4.90 Å². The van der Waals surface area contributed by atoms with Crippen LogP contribution in [0.4, 0.5) is 21.5 Å². The van der Waals surface area contributed by atoms with Gasteiger partial charge in [-0.15, -0.1) is 0 Å². The number of ether oxygens (including phenoxy) is 1. The lowest BCUT2D eigenvalue weighted by Crippen LogP contribution is -2.52. The van der Waals surface area contributed by atoms with Gasteiger partial charge in [0.25, 0.3) is 15.7 Å². The van der Waals surface area contributed by atoms with Crippen molar-refractivity contribution < 1.29 is 27.3 Å². The first-order valence-electron chi connectivity index (χ1n) is 11.9. The molecule has 0 radical (unpaired) electrons. The van der Waals surface area contributed by atoms with Crippen LogP contribution in [0.3, 0.4) is 0 Å². The Morgan fingerprint density at radius 1 is 1.10 bits per heavy atom. The predicted octanol–water partition coefficient (Wildman–Crippen LogP) is 4.25. The zero-order chi connectivity index (χ0) is 28.3. The first-order chi connectivity index (χ1) is 18.5. The largest absolute Gasteiger partial charge is 0.495 e. The molecule has 10 nitrogen and oxygen atoms in total. The number of amides is 1. The van der Waals surface area contributed by atoms with Crippen molar-refractivity contribution in [2.75, 3.05) is 49.0 Å². The number of aryl methyl sites for hydroxylation is 1. The quantitative estimate of drug-likeness (QED) is 0.291. The molecule has 1 aliphatic heterocycles. The number of hydrogen-bond donors (Lipinski definition) is 0. The van der Waals surface area contributed by atoms with Gasteiger partial charge in [0.2, 0.25) is 5.91 Å². The Hall–Kier alpha value is -3.90. The van der Waals surface area contributed by atoms with Crippen LogP contribution in [0.15, 0.2) is 65.6 Å². The number of para-hydroxylation sites is 1. The molecule has 0 bridgehead atoms. The first kappa shape index (κ1) is 28.1. The van der Waals surface area contributed by atoms with Gasteiger partial charge in [0.15, 0.2) is 0 Å². The highest BCUT2D eigenvalue weighted by atomic mass is 35.5. The van der Waals surface area contributed by atoms with Crippen molar-refractivity contribution >= 4 is 44.6 Å². The van der Waals surface area contributed by atoms with Gasteiger partial charge in [-0.3, -0.25) is 19.2 Å². The number of carbonyl (C=O) groups excluding carboxylic acids is 1. The fraction of sp³-hybridized carbons (Fsp3) is 0.269. The van der Waals surface area contributed by atoms with Crippen LogP contribution in [0.1, 0.15) is 5.56 Å². The number of nitro groups is 1. The molecule has 0 spiro atoms. The molecule has 0 unspecified atom stereocenters. The van der Waals surface area contributed by atoms with Crippen LogP contribution >= 0.6 is 11.6 Å². The van der Waals surface area contributed by atoms with E-state index in [1.807, 2.05) is 4.90 Å². The van der Waals surface area contributed by atoms with Crippen LogP contribution in [0, 0.1) is 22.9 Å². The van der Waals surface area contributed by atoms with E-state index in [4.69, 9.17) is 16.3 Å². The van der Waals surface area contributed by atoms with Crippen molar-refractivity contribution in [2.24, 2.45) is 0 Å². The molecule has 206 valence electrons. The van der Waals surface area contributed by atoms with E-state index in [0.29, 0.717) is 18.8 Å². The van der Waals surface area contributed by atoms with Crippen LogP contribution in [-0.4, -0.2) is 64.0 Å². The van der Waals surface area contributed by atoms with Gasteiger partial charge in [-0.05, 0) is 43.3 Å². The molecular weight excluding hydrogens is 551 g/mol. The van der Waals surface area contributed by atoms with Gasteiger partial charge in [0.05, 0.1) is 28.3 Å². The number of halogens is 2. The molecule has 0 saturated carbocycles. The highest BCUT2D eigenvalue weighted by molar-refractivity contribution is 7.92. The SMILES string of the molecule is COc1ccc(Cl)cc1N(CC(=O)N1CCN(c2ccccc2F)CC1)S(=O)(=O)c1ccc(C)c([N+](=O)[O-])c1. The Bertz CT molecular complexity index is 1510. The van der Waals surface area contributed by atoms with Crippen LogP contribution in [0.25, 0.3) is 0 Å². The maximum absolute atomic E-state index is 14.2. The third-order valence-electron chi connectivity index (χ3n) is 6.48. The average molecular weight is 577 g/mol. The fourth-order valence-corrected chi connectivity index (χ4v) is 5.96. The summed E-state index contributed by atoms with van der Waals surface area (Å²) >= 11 is 6.18. The summed E-state index contributed by atoms with van der Waals surface area (Å²) in [6.45, 7) is 2.07. The van der Waals surface area contributed by atoms with Gasteiger partial charge in [0.1, 0.15) is 18.1 Å². The summed E-state index contributed by atoms with van der Waals surface area (Å²) in [6, 6.07) is 14.2. The molecule has 1 saturated heterocycles. The summed E-state index contributed by atoms with van der Waals surface area (Å²) in [4.78, 5) is 27.2. The van der Waals surface area contributed by atoms with E-state index in [1.54, 1.807) is 18.2 Å². The van der Waals surface area contributed by atoms with Crippen LogP contribution in [0.2, 0.25) is 5.02 Å². The van der Waals surface area contributed by atoms with Gasteiger partial charge in [-0.2, -0.15) is 0 Å². The predicted molar refractivity (Wildman–Crippen MR) is 146 cm³/mol. The molecule has 0 atom stereocenters. The number of nitro benzene ring substituents is 1.